The lowest BCUT2D eigenvalue weighted by molar-refractivity contribution is -0.144. The highest BCUT2D eigenvalue weighted by atomic mass is 19.4. The van der Waals surface area contributed by atoms with Crippen molar-refractivity contribution in [2.45, 2.75) is 31.6 Å². The van der Waals surface area contributed by atoms with E-state index in [2.05, 4.69) is 25.6 Å². The van der Waals surface area contributed by atoms with Gasteiger partial charge in [-0.05, 0) is 48.9 Å². The standard InChI is InChI=1S/C22H12F12N6/c1-8-2-9(19(23,24)25)5-12(3-8)35-14-15(38-17-16(37-14)39-18(40-17)22(32,33)34)36-13-6-10(20(26,27)28)4-11(7-13)21(29,30)31/h2-7H,1H3,(H3,35,36,37,38,39,40). The van der Waals surface area contributed by atoms with Gasteiger partial charge in [0, 0.05) is 11.4 Å². The fourth-order valence-corrected chi connectivity index (χ4v) is 3.46. The molecule has 40 heavy (non-hydrogen) atoms. The third-order valence-corrected chi connectivity index (χ3v) is 5.12. The monoisotopic (exact) mass is 588 g/mol. The number of rotatable bonds is 4. The van der Waals surface area contributed by atoms with Crippen molar-refractivity contribution in [1.82, 2.24) is 19.9 Å². The molecule has 0 bridgehead atoms. The highest BCUT2D eigenvalue weighted by molar-refractivity contribution is 5.80. The number of nitrogens with one attached hydrogen (secondary N) is 3. The Morgan fingerprint density at radius 2 is 1.00 bits per heavy atom. The van der Waals surface area contributed by atoms with Crippen molar-refractivity contribution in [3.8, 4) is 0 Å². The van der Waals surface area contributed by atoms with Gasteiger partial charge in [-0.25, -0.2) is 15.0 Å². The summed E-state index contributed by atoms with van der Waals surface area (Å²) in [5.41, 5.74) is -7.05. The van der Waals surface area contributed by atoms with Crippen LogP contribution < -0.4 is 10.6 Å². The number of aryl methyl sites for hydroxylation is 1. The maximum Gasteiger partial charge on any atom is 0.449 e. The molecule has 2 aromatic carbocycles. The van der Waals surface area contributed by atoms with Crippen molar-refractivity contribution >= 4 is 34.3 Å². The van der Waals surface area contributed by atoms with Gasteiger partial charge >= 0.3 is 24.7 Å². The van der Waals surface area contributed by atoms with Crippen molar-refractivity contribution in [2.24, 2.45) is 0 Å². The van der Waals surface area contributed by atoms with Crippen molar-refractivity contribution in [1.29, 1.82) is 0 Å². The zero-order valence-electron chi connectivity index (χ0n) is 19.3. The van der Waals surface area contributed by atoms with E-state index in [1.54, 1.807) is 4.98 Å². The van der Waals surface area contributed by atoms with Gasteiger partial charge in [0.05, 0.1) is 16.7 Å². The van der Waals surface area contributed by atoms with E-state index in [1.807, 2.05) is 0 Å². The van der Waals surface area contributed by atoms with Crippen molar-refractivity contribution < 1.29 is 52.7 Å². The first-order valence-corrected chi connectivity index (χ1v) is 10.6. The number of alkyl halides is 12. The third kappa shape index (κ3) is 6.31. The number of fused-ring (bicyclic) bond motifs is 1. The molecule has 0 atom stereocenters. The van der Waals surface area contributed by atoms with E-state index in [4.69, 9.17) is 0 Å². The summed E-state index contributed by atoms with van der Waals surface area (Å²) in [6.07, 6.45) is -20.3. The summed E-state index contributed by atoms with van der Waals surface area (Å²) in [4.78, 5) is 12.5. The van der Waals surface area contributed by atoms with Crippen LogP contribution in [0.2, 0.25) is 0 Å². The van der Waals surface area contributed by atoms with Gasteiger partial charge in [0.25, 0.3) is 0 Å². The van der Waals surface area contributed by atoms with Crippen molar-refractivity contribution in [3.05, 3.63) is 64.5 Å². The van der Waals surface area contributed by atoms with E-state index < -0.39 is 75.8 Å². The van der Waals surface area contributed by atoms with Crippen LogP contribution in [0.1, 0.15) is 28.1 Å². The Bertz CT molecular complexity index is 1530. The van der Waals surface area contributed by atoms with Crippen LogP contribution in [-0.4, -0.2) is 19.9 Å². The van der Waals surface area contributed by atoms with Gasteiger partial charge in [-0.3, -0.25) is 0 Å². The maximum atomic E-state index is 13.3. The number of aromatic nitrogens is 4. The first-order valence-electron chi connectivity index (χ1n) is 10.6. The number of hydrogen-bond acceptors (Lipinski definition) is 5. The van der Waals surface area contributed by atoms with Gasteiger partial charge < -0.3 is 15.6 Å². The number of H-pyrrole nitrogens is 1. The van der Waals surface area contributed by atoms with E-state index in [1.165, 1.54) is 13.0 Å². The minimum Gasteiger partial charge on any atom is -0.337 e. The highest BCUT2D eigenvalue weighted by Crippen LogP contribution is 2.39. The smallest absolute Gasteiger partial charge is 0.337 e. The fourth-order valence-electron chi connectivity index (χ4n) is 3.46. The van der Waals surface area contributed by atoms with Crippen LogP contribution >= 0.6 is 0 Å². The van der Waals surface area contributed by atoms with E-state index in [0.29, 0.717) is 6.07 Å². The second kappa shape index (κ2) is 9.44. The molecule has 3 N–H and O–H groups in total. The van der Waals surface area contributed by atoms with E-state index in [0.717, 1.165) is 6.07 Å². The molecular weight excluding hydrogens is 576 g/mol. The number of anilines is 4. The molecule has 0 spiro atoms. The normalized spacial score (nSPS) is 13.1. The summed E-state index contributed by atoms with van der Waals surface area (Å²) in [6.45, 7) is 1.29. The van der Waals surface area contributed by atoms with Gasteiger partial charge in [0.1, 0.15) is 0 Å². The Morgan fingerprint density at radius 1 is 0.550 bits per heavy atom. The molecule has 18 heteroatoms. The lowest BCUT2D eigenvalue weighted by Crippen LogP contribution is -2.12. The largest absolute Gasteiger partial charge is 0.449 e. The number of hydrogen-bond donors (Lipinski definition) is 3. The van der Waals surface area contributed by atoms with Crippen LogP contribution in [0.15, 0.2) is 36.4 Å². The molecule has 0 saturated carbocycles. The molecule has 0 aliphatic carbocycles. The fraction of sp³-hybridized carbons (Fsp3) is 0.227. The Balaban J connectivity index is 1.88. The van der Waals surface area contributed by atoms with Gasteiger partial charge in [-0.15, -0.1) is 0 Å². The maximum absolute atomic E-state index is 13.3. The number of benzene rings is 2. The summed E-state index contributed by atoms with van der Waals surface area (Å²) in [7, 11) is 0. The van der Waals surface area contributed by atoms with Crippen molar-refractivity contribution in [3.63, 3.8) is 0 Å². The Morgan fingerprint density at radius 3 is 1.48 bits per heavy atom. The summed E-state index contributed by atoms with van der Waals surface area (Å²) >= 11 is 0. The molecule has 0 aliphatic rings. The first-order chi connectivity index (χ1) is 18.2. The molecule has 0 radical (unpaired) electrons. The minimum atomic E-state index is -5.23. The zero-order chi connectivity index (χ0) is 29.8. The second-order valence-corrected chi connectivity index (χ2v) is 8.31. The Hall–Kier alpha value is -4.25. The summed E-state index contributed by atoms with van der Waals surface area (Å²) in [6, 6.07) is 2.93. The average molecular weight is 588 g/mol. The highest BCUT2D eigenvalue weighted by Gasteiger charge is 2.38. The molecular formula is C22H12F12N6. The van der Waals surface area contributed by atoms with Crippen LogP contribution in [0.3, 0.4) is 0 Å². The average Bonchev–Trinajstić information content (AvgIpc) is 3.20. The lowest BCUT2D eigenvalue weighted by atomic mass is 10.1. The first kappa shape index (κ1) is 28.8. The van der Waals surface area contributed by atoms with Crippen LogP contribution in [0, 0.1) is 6.92 Å². The predicted molar refractivity (Wildman–Crippen MR) is 116 cm³/mol. The number of halogens is 12. The summed E-state index contributed by atoms with van der Waals surface area (Å²) in [5.74, 6) is -2.97. The van der Waals surface area contributed by atoms with E-state index >= 15 is 0 Å². The van der Waals surface area contributed by atoms with Crippen LogP contribution in [-0.2, 0) is 24.7 Å². The van der Waals surface area contributed by atoms with Gasteiger partial charge in [-0.1, -0.05) is 0 Å². The molecule has 2 heterocycles. The number of nitrogens with zero attached hydrogens (tertiary/aromatic N) is 3. The molecule has 0 unspecified atom stereocenters. The molecule has 0 fully saturated rings. The van der Waals surface area contributed by atoms with E-state index in [-0.39, 0.29) is 29.4 Å². The zero-order valence-corrected chi connectivity index (χ0v) is 19.3. The molecule has 6 nitrogen and oxygen atoms in total. The van der Waals surface area contributed by atoms with Gasteiger partial charge in [0.15, 0.2) is 22.9 Å². The molecule has 0 saturated heterocycles. The number of imidazole rings is 1. The van der Waals surface area contributed by atoms with Crippen LogP contribution in [0.5, 0.6) is 0 Å². The quantitative estimate of drug-likeness (QED) is 0.210. The Labute approximate surface area is 214 Å². The van der Waals surface area contributed by atoms with Crippen LogP contribution in [0.25, 0.3) is 11.3 Å². The third-order valence-electron chi connectivity index (χ3n) is 5.12. The summed E-state index contributed by atoms with van der Waals surface area (Å²) < 4.78 is 159. The minimum absolute atomic E-state index is 0.0766. The lowest BCUT2D eigenvalue weighted by Gasteiger charge is -2.17. The summed E-state index contributed by atoms with van der Waals surface area (Å²) in [5, 5.41) is 4.49. The molecule has 4 rings (SSSR count). The number of aromatic amines is 1. The topological polar surface area (TPSA) is 78.5 Å². The van der Waals surface area contributed by atoms with Gasteiger partial charge in [0.2, 0.25) is 5.82 Å². The predicted octanol–water partition coefficient (Wildman–Crippen LogP) is 8.22. The second-order valence-electron chi connectivity index (χ2n) is 8.31. The van der Waals surface area contributed by atoms with Crippen LogP contribution in [0.4, 0.5) is 75.7 Å². The molecule has 0 aliphatic heterocycles. The van der Waals surface area contributed by atoms with Gasteiger partial charge in [-0.2, -0.15) is 52.7 Å². The molecule has 0 amide bonds. The molecule has 2 aromatic heterocycles. The molecule has 214 valence electrons. The van der Waals surface area contributed by atoms with Crippen molar-refractivity contribution in [2.75, 3.05) is 10.6 Å². The van der Waals surface area contributed by atoms with E-state index in [9.17, 15) is 52.7 Å². The molecule has 4 aromatic rings. The Kier molecular flexibility index (Phi) is 6.79. The SMILES string of the molecule is Cc1cc(Nc2nc3nc(C(F)(F)F)[nH]c3nc2Nc2cc(C(F)(F)F)cc(C(F)(F)F)c2)cc(C(F)(F)F)c1.